The maximum Gasteiger partial charge on any atom is 0.308 e. The van der Waals surface area contributed by atoms with Crippen LogP contribution in [0.15, 0.2) is 26.0 Å². The molecule has 0 aliphatic carbocycles. The Balaban J connectivity index is 2.44. The number of aromatic hydroxyl groups is 1. The number of aromatic nitrogens is 1. The third-order valence-corrected chi connectivity index (χ3v) is 2.93. The van der Waals surface area contributed by atoms with Crippen molar-refractivity contribution in [3.05, 3.63) is 37.1 Å². The number of thiazole rings is 1. The number of carbonyl (C=O) groups is 1. The normalized spacial score (nSPS) is 10.5. The van der Waals surface area contributed by atoms with Crippen LogP contribution in [-0.2, 0) is 0 Å². The van der Waals surface area contributed by atoms with E-state index in [2.05, 4.69) is 20.9 Å². The standard InChI is InChI=1S/C8H4BrNO4S/c9-4-2-1-3(14-4)5(11)6-7(12)10-8(13)15-6/h1-2,12H,(H,10,13). The van der Waals surface area contributed by atoms with E-state index in [0.29, 0.717) is 16.0 Å². The molecule has 2 N–H and O–H groups in total. The summed E-state index contributed by atoms with van der Waals surface area (Å²) >= 11 is 3.69. The van der Waals surface area contributed by atoms with Gasteiger partial charge in [0.25, 0.3) is 0 Å². The molecule has 2 rings (SSSR count). The molecule has 0 amide bonds. The Kier molecular flexibility index (Phi) is 2.49. The number of H-pyrrole nitrogens is 1. The summed E-state index contributed by atoms with van der Waals surface area (Å²) in [6.45, 7) is 0. The lowest BCUT2D eigenvalue weighted by Gasteiger charge is -1.92. The molecule has 0 aromatic carbocycles. The van der Waals surface area contributed by atoms with Gasteiger partial charge in [-0.2, -0.15) is 0 Å². The number of hydrogen-bond acceptors (Lipinski definition) is 5. The first-order valence-corrected chi connectivity index (χ1v) is 5.41. The Labute approximate surface area is 95.5 Å². The molecule has 15 heavy (non-hydrogen) atoms. The molecule has 2 aromatic heterocycles. The second-order valence-electron chi connectivity index (χ2n) is 2.63. The molecule has 0 fully saturated rings. The highest BCUT2D eigenvalue weighted by Crippen LogP contribution is 2.23. The van der Waals surface area contributed by atoms with Gasteiger partial charge in [-0.15, -0.1) is 0 Å². The first-order chi connectivity index (χ1) is 7.08. The third-order valence-electron chi connectivity index (χ3n) is 1.63. The van der Waals surface area contributed by atoms with Crippen LogP contribution in [0, 0.1) is 0 Å². The fourth-order valence-corrected chi connectivity index (χ4v) is 2.00. The third kappa shape index (κ3) is 1.88. The van der Waals surface area contributed by atoms with Crippen molar-refractivity contribution in [3.8, 4) is 5.88 Å². The van der Waals surface area contributed by atoms with Gasteiger partial charge in [0.05, 0.1) is 0 Å². The Morgan fingerprint density at radius 3 is 2.73 bits per heavy atom. The number of hydrogen-bond donors (Lipinski definition) is 2. The van der Waals surface area contributed by atoms with Crippen LogP contribution in [0.3, 0.4) is 0 Å². The van der Waals surface area contributed by atoms with Gasteiger partial charge in [-0.25, -0.2) is 0 Å². The van der Waals surface area contributed by atoms with Gasteiger partial charge in [0.15, 0.2) is 10.4 Å². The summed E-state index contributed by atoms with van der Waals surface area (Å²) in [5.74, 6) is -0.892. The van der Waals surface area contributed by atoms with Gasteiger partial charge >= 0.3 is 4.87 Å². The molecule has 2 heterocycles. The molecule has 0 spiro atoms. The first kappa shape index (κ1) is 10.2. The summed E-state index contributed by atoms with van der Waals surface area (Å²) in [6, 6.07) is 3.01. The Morgan fingerprint density at radius 2 is 2.27 bits per heavy atom. The Bertz CT molecular complexity index is 567. The van der Waals surface area contributed by atoms with Crippen LogP contribution in [0.4, 0.5) is 0 Å². The molecular formula is C8H4BrNO4S. The van der Waals surface area contributed by atoms with Gasteiger partial charge < -0.3 is 9.52 Å². The zero-order valence-corrected chi connectivity index (χ0v) is 9.52. The molecular weight excluding hydrogens is 286 g/mol. The minimum Gasteiger partial charge on any atom is -0.493 e. The molecule has 5 nitrogen and oxygen atoms in total. The van der Waals surface area contributed by atoms with Crippen molar-refractivity contribution in [2.24, 2.45) is 0 Å². The first-order valence-electron chi connectivity index (χ1n) is 3.80. The number of nitrogens with one attached hydrogen (secondary N) is 1. The topological polar surface area (TPSA) is 83.3 Å². The lowest BCUT2D eigenvalue weighted by molar-refractivity contribution is 0.101. The van der Waals surface area contributed by atoms with Crippen molar-refractivity contribution < 1.29 is 14.3 Å². The van der Waals surface area contributed by atoms with E-state index in [-0.39, 0.29) is 10.6 Å². The number of carbonyl (C=O) groups excluding carboxylic acids is 1. The smallest absolute Gasteiger partial charge is 0.308 e. The van der Waals surface area contributed by atoms with E-state index in [1.165, 1.54) is 6.07 Å². The predicted molar refractivity (Wildman–Crippen MR) is 56.4 cm³/mol. The quantitative estimate of drug-likeness (QED) is 0.825. The summed E-state index contributed by atoms with van der Waals surface area (Å²) in [5, 5.41) is 9.25. The van der Waals surface area contributed by atoms with Crippen LogP contribution in [0.1, 0.15) is 15.4 Å². The fraction of sp³-hybridized carbons (Fsp3) is 0. The van der Waals surface area contributed by atoms with Crippen LogP contribution in [0.2, 0.25) is 0 Å². The lowest BCUT2D eigenvalue weighted by Crippen LogP contribution is -1.96. The predicted octanol–water partition coefficient (Wildman–Crippen LogP) is 1.73. The van der Waals surface area contributed by atoms with E-state index in [4.69, 9.17) is 4.42 Å². The van der Waals surface area contributed by atoms with Crippen molar-refractivity contribution in [1.29, 1.82) is 0 Å². The zero-order valence-electron chi connectivity index (χ0n) is 7.11. The number of halogens is 1. The van der Waals surface area contributed by atoms with Gasteiger partial charge in [0, 0.05) is 0 Å². The van der Waals surface area contributed by atoms with Crippen molar-refractivity contribution in [3.63, 3.8) is 0 Å². The van der Waals surface area contributed by atoms with E-state index in [9.17, 15) is 14.7 Å². The summed E-state index contributed by atoms with van der Waals surface area (Å²) in [4.78, 5) is 24.1. The largest absolute Gasteiger partial charge is 0.493 e. The van der Waals surface area contributed by atoms with Crippen LogP contribution < -0.4 is 4.87 Å². The molecule has 0 saturated carbocycles. The molecule has 2 aromatic rings. The summed E-state index contributed by atoms with van der Waals surface area (Å²) in [5.41, 5.74) is 0. The minimum atomic E-state index is -0.526. The Hall–Kier alpha value is -1.34. The van der Waals surface area contributed by atoms with Crippen molar-refractivity contribution >= 4 is 33.0 Å². The molecule has 0 unspecified atom stereocenters. The second-order valence-corrected chi connectivity index (χ2v) is 4.39. The van der Waals surface area contributed by atoms with Gasteiger partial charge in [0.2, 0.25) is 11.7 Å². The van der Waals surface area contributed by atoms with Gasteiger partial charge in [-0.1, -0.05) is 11.3 Å². The molecule has 78 valence electrons. The molecule has 0 aliphatic rings. The minimum absolute atomic E-state index is 0.0538. The summed E-state index contributed by atoms with van der Waals surface area (Å²) in [6.07, 6.45) is 0. The number of ketones is 1. The van der Waals surface area contributed by atoms with Gasteiger partial charge in [0.1, 0.15) is 4.88 Å². The van der Waals surface area contributed by atoms with Crippen LogP contribution in [0.25, 0.3) is 0 Å². The number of rotatable bonds is 2. The number of furan rings is 1. The lowest BCUT2D eigenvalue weighted by atomic mass is 10.3. The van der Waals surface area contributed by atoms with Crippen LogP contribution in [0.5, 0.6) is 5.88 Å². The monoisotopic (exact) mass is 289 g/mol. The Morgan fingerprint density at radius 1 is 1.53 bits per heavy atom. The highest BCUT2D eigenvalue weighted by molar-refractivity contribution is 9.10. The van der Waals surface area contributed by atoms with Crippen molar-refractivity contribution in [1.82, 2.24) is 4.98 Å². The molecule has 0 saturated heterocycles. The highest BCUT2D eigenvalue weighted by Gasteiger charge is 2.20. The van der Waals surface area contributed by atoms with E-state index < -0.39 is 16.5 Å². The van der Waals surface area contributed by atoms with E-state index in [1.54, 1.807) is 6.07 Å². The van der Waals surface area contributed by atoms with E-state index in [0.717, 1.165) is 0 Å². The van der Waals surface area contributed by atoms with E-state index in [1.807, 2.05) is 0 Å². The maximum absolute atomic E-state index is 11.7. The number of aromatic amines is 1. The van der Waals surface area contributed by atoms with E-state index >= 15 is 0 Å². The average Bonchev–Trinajstić information content (AvgIpc) is 2.71. The van der Waals surface area contributed by atoms with Crippen LogP contribution >= 0.6 is 27.3 Å². The molecule has 0 bridgehead atoms. The SMILES string of the molecule is O=C(c1ccc(Br)o1)c1sc(=O)[nH]c1O. The molecule has 0 radical (unpaired) electrons. The molecule has 7 heteroatoms. The molecule has 0 aliphatic heterocycles. The zero-order chi connectivity index (χ0) is 11.0. The summed E-state index contributed by atoms with van der Waals surface area (Å²) in [7, 11) is 0. The van der Waals surface area contributed by atoms with Crippen LogP contribution in [-0.4, -0.2) is 15.9 Å². The van der Waals surface area contributed by atoms with Gasteiger partial charge in [-0.05, 0) is 28.1 Å². The molecule has 0 atom stereocenters. The highest BCUT2D eigenvalue weighted by atomic mass is 79.9. The van der Waals surface area contributed by atoms with Crippen molar-refractivity contribution in [2.45, 2.75) is 0 Å². The van der Waals surface area contributed by atoms with Gasteiger partial charge in [-0.3, -0.25) is 14.6 Å². The van der Waals surface area contributed by atoms with Crippen molar-refractivity contribution in [2.75, 3.05) is 0 Å². The average molecular weight is 290 g/mol. The second kappa shape index (κ2) is 3.67. The summed E-state index contributed by atoms with van der Waals surface area (Å²) < 4.78 is 5.42. The maximum atomic E-state index is 11.7. The fourth-order valence-electron chi connectivity index (χ4n) is 1.02.